The van der Waals surface area contributed by atoms with Gasteiger partial charge >= 0.3 is 0 Å². The van der Waals surface area contributed by atoms with Crippen molar-refractivity contribution < 1.29 is 31.7 Å². The summed E-state index contributed by atoms with van der Waals surface area (Å²) in [5.41, 5.74) is 11.6. The Labute approximate surface area is 431 Å². The number of nitrogens with zero attached hydrogens (tertiary/aromatic N) is 3. The Morgan fingerprint density at radius 2 is 1.39 bits per heavy atom. The molecule has 3 aromatic heterocycles. The molecular weight excluding hydrogens is 1050 g/mol. The average Bonchev–Trinajstić information content (AvgIpc) is 3.87. The van der Waals surface area contributed by atoms with Crippen molar-refractivity contribution in [1.82, 2.24) is 14.5 Å². The fourth-order valence-electron chi connectivity index (χ4n) is 9.50. The molecule has 70 heavy (non-hydrogen) atoms. The molecule has 361 valence electrons. The van der Waals surface area contributed by atoms with Crippen molar-refractivity contribution >= 4 is 67.8 Å². The number of rotatable bonds is 7. The molecule has 0 aliphatic heterocycles. The van der Waals surface area contributed by atoms with Gasteiger partial charge in [-0.25, -0.2) is 0 Å². The summed E-state index contributed by atoms with van der Waals surface area (Å²) in [7, 11) is -1.82. The predicted molar refractivity (Wildman–Crippen MR) is 294 cm³/mol. The van der Waals surface area contributed by atoms with Crippen molar-refractivity contribution in [1.29, 1.82) is 0 Å². The van der Waals surface area contributed by atoms with Crippen LogP contribution in [0.5, 0.6) is 0 Å². The van der Waals surface area contributed by atoms with E-state index in [1.807, 2.05) is 33.8 Å². The van der Waals surface area contributed by atoms with Gasteiger partial charge < -0.3 is 14.0 Å². The van der Waals surface area contributed by atoms with Gasteiger partial charge in [0.05, 0.1) is 30.5 Å². The van der Waals surface area contributed by atoms with Crippen LogP contribution in [-0.4, -0.2) is 22.6 Å². The van der Waals surface area contributed by atoms with Gasteiger partial charge in [0.15, 0.2) is 0 Å². The van der Waals surface area contributed by atoms with Crippen molar-refractivity contribution in [2.75, 3.05) is 0 Å². The molecule has 10 aromatic rings. The van der Waals surface area contributed by atoms with E-state index in [-0.39, 0.29) is 31.3 Å². The number of hydrogen-bond acceptors (Lipinski definition) is 3. The molecule has 1 radical (unpaired) electrons. The Hall–Kier alpha value is -5.72. The number of pyridine rings is 1. The zero-order chi connectivity index (χ0) is 51.1. The minimum absolute atomic E-state index is 0. The van der Waals surface area contributed by atoms with Crippen LogP contribution < -0.4 is 5.19 Å². The molecule has 0 aliphatic carbocycles. The van der Waals surface area contributed by atoms with Crippen molar-refractivity contribution in [3.63, 3.8) is 0 Å². The van der Waals surface area contributed by atoms with E-state index in [0.29, 0.717) is 28.7 Å². The van der Waals surface area contributed by atoms with Gasteiger partial charge in [0, 0.05) is 45.9 Å². The third-order valence-corrected chi connectivity index (χ3v) is 15.1. The normalized spacial score (nSPS) is 13.0. The fourth-order valence-corrected chi connectivity index (χ4v) is 10.9. The molecular formula is C63H66FIrN3OSi-2. The van der Waals surface area contributed by atoms with Gasteiger partial charge in [-0.2, -0.15) is 0 Å². The van der Waals surface area contributed by atoms with Crippen molar-refractivity contribution in [2.24, 2.45) is 5.41 Å². The summed E-state index contributed by atoms with van der Waals surface area (Å²) in [5.74, 6) is 1.18. The maximum absolute atomic E-state index is 14.4. The Kier molecular flexibility index (Phi) is 13.1. The number of halogens is 1. The van der Waals surface area contributed by atoms with Crippen molar-refractivity contribution in [3.8, 4) is 28.3 Å². The fraction of sp³-hybridized carbons (Fsp3) is 0.302. The zero-order valence-electron chi connectivity index (χ0n) is 45.2. The van der Waals surface area contributed by atoms with Crippen LogP contribution in [0.1, 0.15) is 112 Å². The summed E-state index contributed by atoms with van der Waals surface area (Å²) in [5, 5.41) is 8.06. The average molecular weight is 1120 g/mol. The molecule has 0 fully saturated rings. The first-order valence-electron chi connectivity index (χ1n) is 25.4. The maximum Gasteiger partial charge on any atom is 0.121 e. The van der Waals surface area contributed by atoms with Gasteiger partial charge in [-0.15, -0.1) is 47.5 Å². The number of fused-ring (bicyclic) bond motifs is 7. The third-order valence-electron chi connectivity index (χ3n) is 13.1. The molecule has 0 spiro atoms. The van der Waals surface area contributed by atoms with Crippen LogP contribution in [0.2, 0.25) is 19.6 Å². The van der Waals surface area contributed by atoms with Gasteiger partial charge in [-0.05, 0) is 102 Å². The van der Waals surface area contributed by atoms with Gasteiger partial charge in [0.2, 0.25) is 0 Å². The number of para-hydroxylation sites is 2. The third kappa shape index (κ3) is 9.95. The molecule has 7 aromatic carbocycles. The van der Waals surface area contributed by atoms with Crippen molar-refractivity contribution in [3.05, 3.63) is 167 Å². The quantitative estimate of drug-likeness (QED) is 0.0907. The molecule has 0 amide bonds. The first-order valence-corrected chi connectivity index (χ1v) is 27.9. The summed E-state index contributed by atoms with van der Waals surface area (Å²) < 4.78 is 40.7. The topological polar surface area (TPSA) is 43.9 Å². The van der Waals surface area contributed by atoms with E-state index in [1.165, 1.54) is 50.0 Å². The summed E-state index contributed by atoms with van der Waals surface area (Å²) in [6.45, 7) is 30.1. The Morgan fingerprint density at radius 1 is 0.729 bits per heavy atom. The van der Waals surface area contributed by atoms with E-state index in [0.717, 1.165) is 55.1 Å². The first-order chi connectivity index (χ1) is 33.3. The smallest absolute Gasteiger partial charge is 0.121 e. The Morgan fingerprint density at radius 3 is 2.04 bits per heavy atom. The zero-order valence-corrected chi connectivity index (χ0v) is 46.6. The SMILES string of the molecule is CC(C)c1cc(C(C)(C)C)cc(C(C)C)c1-n1c(-c2[c-]cc3oc4cc5ccc6ccccc6c5cc4c3c2)nc2ccccc21.[2H]C([2H])(c1cc(-c2[c-]cc(C)cc2F)ncc1[Si](C)(C)C)C(C)(C)C.[Ir]. The van der Waals surface area contributed by atoms with E-state index >= 15 is 0 Å². The standard InChI is InChI=1S/C43H39N2O.C20H27FNSi.Ir/c1-25(2)32-22-30(43(5,6)7)23-33(26(3)4)41(32)45-38-15-11-10-14-37(38)44-42(45)29-18-19-39-35(20-29)36-24-34-28(21-40(36)46-39)17-16-27-12-8-9-13-31(27)34;1-14-8-9-16(17(21)10-14)18-11-15(12-20(2,3)4)19(13-22-18)23(5,6)7;/h8-17,19-26H,1-7H3;8,10-11,13H,12H2,1-7H3;/q2*-1;/i;12D2;. The van der Waals surface area contributed by atoms with Crippen LogP contribution in [0.25, 0.3) is 82.8 Å². The first kappa shape index (κ1) is 47.9. The number of furan rings is 1. The summed E-state index contributed by atoms with van der Waals surface area (Å²) in [6, 6.07) is 46.5. The molecule has 0 saturated heterocycles. The molecule has 10 rings (SSSR count). The second-order valence-corrected chi connectivity index (χ2v) is 27.6. The number of hydrogen-bond donors (Lipinski definition) is 0. The Bertz CT molecular complexity index is 3650. The largest absolute Gasteiger partial charge is 0.500 e. The summed E-state index contributed by atoms with van der Waals surface area (Å²) in [4.78, 5) is 9.75. The predicted octanol–water partition coefficient (Wildman–Crippen LogP) is 17.4. The van der Waals surface area contributed by atoms with Crippen LogP contribution in [-0.2, 0) is 31.9 Å². The molecule has 4 nitrogen and oxygen atoms in total. The monoisotopic (exact) mass is 1120 g/mol. The molecule has 0 unspecified atom stereocenters. The van der Waals surface area contributed by atoms with Crippen LogP contribution in [0.15, 0.2) is 126 Å². The van der Waals surface area contributed by atoms with E-state index in [1.54, 1.807) is 18.3 Å². The van der Waals surface area contributed by atoms with Gasteiger partial charge in [-0.1, -0.05) is 179 Å². The molecule has 0 saturated carbocycles. The van der Waals surface area contributed by atoms with Crippen LogP contribution >= 0.6 is 0 Å². The summed E-state index contributed by atoms with van der Waals surface area (Å²) in [6.07, 6.45) is 0.190. The van der Waals surface area contributed by atoms with Crippen LogP contribution in [0.3, 0.4) is 0 Å². The second-order valence-electron chi connectivity index (χ2n) is 22.5. The van der Waals surface area contributed by atoms with E-state index in [4.69, 9.17) is 12.1 Å². The van der Waals surface area contributed by atoms with Crippen LogP contribution in [0, 0.1) is 30.3 Å². The van der Waals surface area contributed by atoms with Gasteiger partial charge in [-0.3, -0.25) is 9.37 Å². The minimum atomic E-state index is -1.82. The van der Waals surface area contributed by atoms with E-state index in [9.17, 15) is 4.39 Å². The molecule has 0 aliphatic rings. The molecule has 0 atom stereocenters. The molecule has 0 N–H and O–H groups in total. The summed E-state index contributed by atoms with van der Waals surface area (Å²) >= 11 is 0. The molecule has 0 bridgehead atoms. The number of aryl methyl sites for hydroxylation is 1. The van der Waals surface area contributed by atoms with Gasteiger partial charge in [0.25, 0.3) is 0 Å². The number of benzene rings is 7. The minimum Gasteiger partial charge on any atom is -0.500 e. The van der Waals surface area contributed by atoms with Crippen LogP contribution in [0.4, 0.5) is 4.39 Å². The molecule has 7 heteroatoms. The second kappa shape index (κ2) is 19.1. The maximum atomic E-state index is 14.4. The van der Waals surface area contributed by atoms with Crippen molar-refractivity contribution in [2.45, 2.75) is 119 Å². The Balaban J connectivity index is 0.000000227. The van der Waals surface area contributed by atoms with E-state index in [2.05, 4.69) is 181 Å². The van der Waals surface area contributed by atoms with Gasteiger partial charge in [0.1, 0.15) is 5.58 Å². The van der Waals surface area contributed by atoms with E-state index < -0.39 is 19.9 Å². The molecule has 3 heterocycles. The number of aromatic nitrogens is 3. The number of imidazole rings is 1.